The molecule has 1 aromatic heterocycles. The number of pyridine rings is 1. The van der Waals surface area contributed by atoms with Gasteiger partial charge in [0.15, 0.2) is 0 Å². The Morgan fingerprint density at radius 2 is 2.20 bits per heavy atom. The number of hydrogen-bond donors (Lipinski definition) is 1. The van der Waals surface area contributed by atoms with Gasteiger partial charge in [-0.3, -0.25) is 0 Å². The SMILES string of the molecule is CNCc1cccc(OCCC(C)C)n1. The third-order valence-corrected chi connectivity index (χ3v) is 2.08. The number of aromatic nitrogens is 1. The van der Waals surface area contributed by atoms with Gasteiger partial charge in [-0.2, -0.15) is 0 Å². The van der Waals surface area contributed by atoms with Gasteiger partial charge in [0.05, 0.1) is 12.3 Å². The fraction of sp³-hybridized carbons (Fsp3) is 0.583. The van der Waals surface area contributed by atoms with Crippen LogP contribution in [0.3, 0.4) is 0 Å². The zero-order valence-corrected chi connectivity index (χ0v) is 9.79. The molecule has 0 aliphatic rings. The van der Waals surface area contributed by atoms with Gasteiger partial charge in [-0.1, -0.05) is 19.9 Å². The van der Waals surface area contributed by atoms with Crippen LogP contribution in [0, 0.1) is 5.92 Å². The van der Waals surface area contributed by atoms with E-state index in [0.717, 1.165) is 31.1 Å². The summed E-state index contributed by atoms with van der Waals surface area (Å²) in [6.45, 7) is 5.90. The van der Waals surface area contributed by atoms with E-state index in [-0.39, 0.29) is 0 Å². The maximum absolute atomic E-state index is 5.56. The Morgan fingerprint density at radius 1 is 1.40 bits per heavy atom. The van der Waals surface area contributed by atoms with Crippen molar-refractivity contribution >= 4 is 0 Å². The minimum absolute atomic E-state index is 0.672. The van der Waals surface area contributed by atoms with Crippen LogP contribution in [0.2, 0.25) is 0 Å². The standard InChI is InChI=1S/C12H20N2O/c1-10(2)7-8-15-12-6-4-5-11(14-12)9-13-3/h4-6,10,13H,7-9H2,1-3H3. The summed E-state index contributed by atoms with van der Waals surface area (Å²) < 4.78 is 5.56. The molecule has 3 heteroatoms. The second-order valence-electron chi connectivity index (χ2n) is 4.03. The Hall–Kier alpha value is -1.09. The second-order valence-corrected chi connectivity index (χ2v) is 4.03. The maximum Gasteiger partial charge on any atom is 0.213 e. The molecular formula is C12H20N2O. The van der Waals surface area contributed by atoms with Crippen LogP contribution in [0.1, 0.15) is 26.0 Å². The van der Waals surface area contributed by atoms with Crippen molar-refractivity contribution in [1.29, 1.82) is 0 Å². The fourth-order valence-electron chi connectivity index (χ4n) is 1.22. The largest absolute Gasteiger partial charge is 0.478 e. The maximum atomic E-state index is 5.56. The Labute approximate surface area is 91.9 Å². The van der Waals surface area contributed by atoms with E-state index in [1.165, 1.54) is 0 Å². The van der Waals surface area contributed by atoms with Crippen LogP contribution >= 0.6 is 0 Å². The summed E-state index contributed by atoms with van der Waals surface area (Å²) in [7, 11) is 1.91. The molecule has 1 heterocycles. The molecule has 3 nitrogen and oxygen atoms in total. The molecule has 0 saturated carbocycles. The number of hydrogen-bond acceptors (Lipinski definition) is 3. The van der Waals surface area contributed by atoms with Crippen molar-refractivity contribution in [3.05, 3.63) is 23.9 Å². The molecule has 0 aromatic carbocycles. The first kappa shape index (κ1) is 12.0. The zero-order chi connectivity index (χ0) is 11.1. The van der Waals surface area contributed by atoms with Crippen LogP contribution in [-0.2, 0) is 6.54 Å². The quantitative estimate of drug-likeness (QED) is 0.778. The van der Waals surface area contributed by atoms with E-state index in [4.69, 9.17) is 4.74 Å². The van der Waals surface area contributed by atoms with Crippen LogP contribution in [0.25, 0.3) is 0 Å². The van der Waals surface area contributed by atoms with Gasteiger partial charge in [-0.05, 0) is 25.5 Å². The molecule has 0 bridgehead atoms. The van der Waals surface area contributed by atoms with Crippen molar-refractivity contribution in [3.8, 4) is 5.88 Å². The molecule has 0 saturated heterocycles. The van der Waals surface area contributed by atoms with Crippen molar-refractivity contribution in [2.45, 2.75) is 26.8 Å². The lowest BCUT2D eigenvalue weighted by molar-refractivity contribution is 0.278. The van der Waals surface area contributed by atoms with E-state index in [0.29, 0.717) is 5.92 Å². The van der Waals surface area contributed by atoms with E-state index >= 15 is 0 Å². The van der Waals surface area contributed by atoms with Crippen molar-refractivity contribution in [2.75, 3.05) is 13.7 Å². The number of nitrogens with zero attached hydrogens (tertiary/aromatic N) is 1. The highest BCUT2D eigenvalue weighted by Crippen LogP contribution is 2.09. The Morgan fingerprint density at radius 3 is 2.87 bits per heavy atom. The second kappa shape index (κ2) is 6.40. The summed E-state index contributed by atoms with van der Waals surface area (Å²) >= 11 is 0. The molecule has 0 fully saturated rings. The molecule has 84 valence electrons. The summed E-state index contributed by atoms with van der Waals surface area (Å²) in [5.74, 6) is 1.40. The van der Waals surface area contributed by atoms with E-state index in [9.17, 15) is 0 Å². The number of rotatable bonds is 6. The molecule has 0 spiro atoms. The Kier molecular flexibility index (Phi) is 5.12. The molecule has 0 aliphatic carbocycles. The first-order valence-electron chi connectivity index (χ1n) is 5.45. The molecule has 0 atom stereocenters. The van der Waals surface area contributed by atoms with E-state index < -0.39 is 0 Å². The molecule has 1 N–H and O–H groups in total. The average molecular weight is 208 g/mol. The van der Waals surface area contributed by atoms with Crippen LogP contribution < -0.4 is 10.1 Å². The third-order valence-electron chi connectivity index (χ3n) is 2.08. The molecule has 15 heavy (non-hydrogen) atoms. The topological polar surface area (TPSA) is 34.1 Å². The van der Waals surface area contributed by atoms with Crippen molar-refractivity contribution in [2.24, 2.45) is 5.92 Å². The molecule has 0 amide bonds. The molecule has 0 radical (unpaired) electrons. The average Bonchev–Trinajstić information content (AvgIpc) is 2.18. The third kappa shape index (κ3) is 4.79. The molecule has 0 aliphatic heterocycles. The minimum atomic E-state index is 0.672. The van der Waals surface area contributed by atoms with Gasteiger partial charge in [0.1, 0.15) is 0 Å². The van der Waals surface area contributed by atoms with Gasteiger partial charge in [0.2, 0.25) is 5.88 Å². The van der Waals surface area contributed by atoms with Crippen LogP contribution in [0.15, 0.2) is 18.2 Å². The first-order valence-corrected chi connectivity index (χ1v) is 5.45. The minimum Gasteiger partial charge on any atom is -0.478 e. The lowest BCUT2D eigenvalue weighted by Gasteiger charge is -2.08. The van der Waals surface area contributed by atoms with Crippen LogP contribution in [0.4, 0.5) is 0 Å². The summed E-state index contributed by atoms with van der Waals surface area (Å²) in [6.07, 6.45) is 1.07. The van der Waals surface area contributed by atoms with Gasteiger partial charge in [-0.25, -0.2) is 4.98 Å². The zero-order valence-electron chi connectivity index (χ0n) is 9.79. The van der Waals surface area contributed by atoms with Gasteiger partial charge in [0, 0.05) is 12.6 Å². The van der Waals surface area contributed by atoms with E-state index in [2.05, 4.69) is 24.1 Å². The molecule has 1 aromatic rings. The van der Waals surface area contributed by atoms with E-state index in [1.54, 1.807) is 0 Å². The fourth-order valence-corrected chi connectivity index (χ4v) is 1.22. The lowest BCUT2D eigenvalue weighted by atomic mass is 10.1. The van der Waals surface area contributed by atoms with Crippen molar-refractivity contribution in [1.82, 2.24) is 10.3 Å². The summed E-state index contributed by atoms with van der Waals surface area (Å²) in [5, 5.41) is 3.07. The van der Waals surface area contributed by atoms with Gasteiger partial charge < -0.3 is 10.1 Å². The van der Waals surface area contributed by atoms with Gasteiger partial charge in [0.25, 0.3) is 0 Å². The summed E-state index contributed by atoms with van der Waals surface area (Å²) in [6, 6.07) is 5.87. The van der Waals surface area contributed by atoms with Gasteiger partial charge >= 0.3 is 0 Å². The Bertz CT molecular complexity index is 287. The monoisotopic (exact) mass is 208 g/mol. The molecular weight excluding hydrogens is 188 g/mol. The highest BCUT2D eigenvalue weighted by Gasteiger charge is 1.99. The lowest BCUT2D eigenvalue weighted by Crippen LogP contribution is -2.08. The van der Waals surface area contributed by atoms with Gasteiger partial charge in [-0.15, -0.1) is 0 Å². The highest BCUT2D eigenvalue weighted by molar-refractivity contribution is 5.15. The molecule has 0 unspecified atom stereocenters. The number of nitrogens with one attached hydrogen (secondary N) is 1. The predicted molar refractivity (Wildman–Crippen MR) is 62.0 cm³/mol. The summed E-state index contributed by atoms with van der Waals surface area (Å²) in [4.78, 5) is 4.37. The Balaban J connectivity index is 2.43. The number of ether oxygens (including phenoxy) is 1. The van der Waals surface area contributed by atoms with Crippen molar-refractivity contribution < 1.29 is 4.74 Å². The normalized spacial score (nSPS) is 10.7. The highest BCUT2D eigenvalue weighted by atomic mass is 16.5. The van der Waals surface area contributed by atoms with Crippen LogP contribution in [-0.4, -0.2) is 18.6 Å². The van der Waals surface area contributed by atoms with Crippen molar-refractivity contribution in [3.63, 3.8) is 0 Å². The first-order chi connectivity index (χ1) is 7.22. The van der Waals surface area contributed by atoms with E-state index in [1.807, 2.05) is 25.2 Å². The molecule has 1 rings (SSSR count). The van der Waals surface area contributed by atoms with Crippen LogP contribution in [0.5, 0.6) is 5.88 Å². The summed E-state index contributed by atoms with van der Waals surface area (Å²) in [5.41, 5.74) is 1.01. The predicted octanol–water partition coefficient (Wildman–Crippen LogP) is 2.23. The smallest absolute Gasteiger partial charge is 0.213 e.